The Balaban J connectivity index is 2.37. The molecule has 0 aliphatic heterocycles. The third kappa shape index (κ3) is 3.15. The number of hydrogen-bond acceptors (Lipinski definition) is 3. The van der Waals surface area contributed by atoms with Gasteiger partial charge in [0.05, 0.1) is 0 Å². The van der Waals surface area contributed by atoms with Gasteiger partial charge in [-0.25, -0.2) is 0 Å². The zero-order valence-corrected chi connectivity index (χ0v) is 7.55. The van der Waals surface area contributed by atoms with E-state index in [1.54, 1.807) is 23.9 Å². The summed E-state index contributed by atoms with van der Waals surface area (Å²) in [4.78, 5) is 1.13. The molecule has 0 heterocycles. The van der Waals surface area contributed by atoms with Crippen LogP contribution in [0.25, 0.3) is 0 Å². The number of phenols is 1. The van der Waals surface area contributed by atoms with E-state index >= 15 is 0 Å². The second-order valence-corrected chi connectivity index (χ2v) is 3.59. The summed E-state index contributed by atoms with van der Waals surface area (Å²) in [6, 6.07) is 7.08. The Labute approximate surface area is 76.2 Å². The zero-order valence-electron chi connectivity index (χ0n) is 6.73. The van der Waals surface area contributed by atoms with Gasteiger partial charge in [-0.15, -0.1) is 11.8 Å². The minimum Gasteiger partial charge on any atom is -0.508 e. The number of phenolic OH excluding ortho intramolecular Hbond substituents is 1. The van der Waals surface area contributed by atoms with Crippen LogP contribution in [0.15, 0.2) is 29.2 Å². The van der Waals surface area contributed by atoms with E-state index in [0.717, 1.165) is 17.1 Å². The number of hydrogen-bond donors (Lipinski definition) is 2. The highest BCUT2D eigenvalue weighted by atomic mass is 32.2. The Morgan fingerprint density at radius 3 is 2.42 bits per heavy atom. The van der Waals surface area contributed by atoms with Crippen molar-refractivity contribution >= 4 is 11.8 Å². The molecule has 3 heteroatoms. The van der Waals surface area contributed by atoms with Crippen LogP contribution in [-0.2, 0) is 0 Å². The van der Waals surface area contributed by atoms with E-state index in [1.165, 1.54) is 0 Å². The van der Waals surface area contributed by atoms with Gasteiger partial charge in [0.25, 0.3) is 0 Å². The Hall–Kier alpha value is -0.670. The molecule has 2 nitrogen and oxygen atoms in total. The molecule has 0 spiro atoms. The van der Waals surface area contributed by atoms with E-state index in [0.29, 0.717) is 5.75 Å². The van der Waals surface area contributed by atoms with Gasteiger partial charge in [-0.05, 0) is 30.7 Å². The highest BCUT2D eigenvalue weighted by Gasteiger charge is 1.93. The largest absolute Gasteiger partial charge is 0.508 e. The van der Waals surface area contributed by atoms with Gasteiger partial charge in [-0.3, -0.25) is 0 Å². The van der Waals surface area contributed by atoms with E-state index in [2.05, 4.69) is 0 Å². The molecule has 1 aromatic carbocycles. The minimum absolute atomic E-state index is 0.241. The Kier molecular flexibility index (Phi) is 3.97. The fourth-order valence-electron chi connectivity index (χ4n) is 0.797. The molecule has 0 bridgehead atoms. The SMILES string of the molecule is OCCCSc1ccc(O)cc1. The average Bonchev–Trinajstić information content (AvgIpc) is 2.09. The van der Waals surface area contributed by atoms with Crippen LogP contribution in [0.3, 0.4) is 0 Å². The molecular formula is C9H12O2S. The quantitative estimate of drug-likeness (QED) is 0.554. The summed E-state index contributed by atoms with van der Waals surface area (Å²) < 4.78 is 0. The molecule has 2 N–H and O–H groups in total. The highest BCUT2D eigenvalue weighted by molar-refractivity contribution is 7.99. The summed E-state index contributed by atoms with van der Waals surface area (Å²) in [5, 5.41) is 17.5. The van der Waals surface area contributed by atoms with Crippen molar-refractivity contribution < 1.29 is 10.2 Å². The Bertz CT molecular complexity index is 220. The smallest absolute Gasteiger partial charge is 0.115 e. The summed E-state index contributed by atoms with van der Waals surface area (Å²) in [6.07, 6.45) is 0.811. The lowest BCUT2D eigenvalue weighted by molar-refractivity contribution is 0.296. The molecule has 12 heavy (non-hydrogen) atoms. The molecule has 0 atom stereocenters. The molecule has 0 aliphatic rings. The number of aliphatic hydroxyl groups excluding tert-OH is 1. The molecule has 0 aromatic heterocycles. The molecule has 0 radical (unpaired) electrons. The standard InChI is InChI=1S/C9H12O2S/c10-6-1-7-12-9-4-2-8(11)3-5-9/h2-5,10-11H,1,6-7H2. The highest BCUT2D eigenvalue weighted by Crippen LogP contribution is 2.20. The summed E-state index contributed by atoms with van der Waals surface area (Å²) >= 11 is 1.68. The Morgan fingerprint density at radius 2 is 1.83 bits per heavy atom. The molecule has 1 aromatic rings. The lowest BCUT2D eigenvalue weighted by Crippen LogP contribution is -1.84. The third-order valence-electron chi connectivity index (χ3n) is 1.41. The van der Waals surface area contributed by atoms with Crippen LogP contribution in [0.5, 0.6) is 5.75 Å². The number of aliphatic hydroxyl groups is 1. The normalized spacial score (nSPS) is 10.1. The minimum atomic E-state index is 0.241. The molecule has 0 aliphatic carbocycles. The Morgan fingerprint density at radius 1 is 1.17 bits per heavy atom. The van der Waals surface area contributed by atoms with Crippen LogP contribution in [-0.4, -0.2) is 22.6 Å². The van der Waals surface area contributed by atoms with E-state index in [9.17, 15) is 0 Å². The second-order valence-electron chi connectivity index (χ2n) is 2.42. The van der Waals surface area contributed by atoms with Gasteiger partial charge in [0, 0.05) is 17.3 Å². The molecule has 0 fully saturated rings. The van der Waals surface area contributed by atoms with Crippen LogP contribution in [0, 0.1) is 0 Å². The van der Waals surface area contributed by atoms with Gasteiger partial charge in [-0.2, -0.15) is 0 Å². The number of benzene rings is 1. The molecular weight excluding hydrogens is 172 g/mol. The monoisotopic (exact) mass is 184 g/mol. The summed E-state index contributed by atoms with van der Waals surface area (Å²) in [5.74, 6) is 1.21. The van der Waals surface area contributed by atoms with Crippen molar-refractivity contribution in [2.24, 2.45) is 0 Å². The first-order valence-corrected chi connectivity index (χ1v) is 4.84. The summed E-state index contributed by atoms with van der Waals surface area (Å²) in [6.45, 7) is 0.241. The van der Waals surface area contributed by atoms with Crippen LogP contribution >= 0.6 is 11.8 Å². The van der Waals surface area contributed by atoms with Gasteiger partial charge in [0.15, 0.2) is 0 Å². The molecule has 0 saturated carbocycles. The van der Waals surface area contributed by atoms with Gasteiger partial charge in [-0.1, -0.05) is 0 Å². The third-order valence-corrected chi connectivity index (χ3v) is 2.51. The van der Waals surface area contributed by atoms with E-state index < -0.39 is 0 Å². The second kappa shape index (κ2) is 5.06. The van der Waals surface area contributed by atoms with Crippen LogP contribution < -0.4 is 0 Å². The molecule has 0 saturated heterocycles. The predicted octanol–water partition coefficient (Wildman–Crippen LogP) is 1.87. The van der Waals surface area contributed by atoms with E-state index in [-0.39, 0.29) is 6.61 Å². The van der Waals surface area contributed by atoms with Crippen LogP contribution in [0.1, 0.15) is 6.42 Å². The first-order valence-electron chi connectivity index (χ1n) is 3.85. The maximum atomic E-state index is 8.98. The average molecular weight is 184 g/mol. The fraction of sp³-hybridized carbons (Fsp3) is 0.333. The molecule has 0 amide bonds. The van der Waals surface area contributed by atoms with Crippen LogP contribution in [0.2, 0.25) is 0 Å². The summed E-state index contributed by atoms with van der Waals surface area (Å²) in [5.41, 5.74) is 0. The van der Waals surface area contributed by atoms with Crippen molar-refractivity contribution in [2.45, 2.75) is 11.3 Å². The summed E-state index contributed by atoms with van der Waals surface area (Å²) in [7, 11) is 0. The van der Waals surface area contributed by atoms with Gasteiger partial charge < -0.3 is 10.2 Å². The first kappa shape index (κ1) is 9.42. The lowest BCUT2D eigenvalue weighted by atomic mass is 10.3. The fourth-order valence-corrected chi connectivity index (χ4v) is 1.63. The van der Waals surface area contributed by atoms with Gasteiger partial charge in [0.1, 0.15) is 5.75 Å². The van der Waals surface area contributed by atoms with Crippen LogP contribution in [0.4, 0.5) is 0 Å². The maximum Gasteiger partial charge on any atom is 0.115 e. The molecule has 0 unspecified atom stereocenters. The van der Waals surface area contributed by atoms with Crippen molar-refractivity contribution in [1.29, 1.82) is 0 Å². The zero-order chi connectivity index (χ0) is 8.81. The molecule has 66 valence electrons. The molecule has 1 rings (SSSR count). The lowest BCUT2D eigenvalue weighted by Gasteiger charge is -1.99. The van der Waals surface area contributed by atoms with Gasteiger partial charge >= 0.3 is 0 Å². The van der Waals surface area contributed by atoms with E-state index in [4.69, 9.17) is 10.2 Å². The van der Waals surface area contributed by atoms with Crippen molar-refractivity contribution in [3.05, 3.63) is 24.3 Å². The maximum absolute atomic E-state index is 8.98. The van der Waals surface area contributed by atoms with Gasteiger partial charge in [0.2, 0.25) is 0 Å². The number of thioether (sulfide) groups is 1. The van der Waals surface area contributed by atoms with Crippen molar-refractivity contribution in [2.75, 3.05) is 12.4 Å². The number of aromatic hydroxyl groups is 1. The predicted molar refractivity (Wildman–Crippen MR) is 50.5 cm³/mol. The van der Waals surface area contributed by atoms with E-state index in [1.807, 2.05) is 12.1 Å². The van der Waals surface area contributed by atoms with Crippen molar-refractivity contribution in [3.63, 3.8) is 0 Å². The van der Waals surface area contributed by atoms with Crippen molar-refractivity contribution in [3.8, 4) is 5.75 Å². The van der Waals surface area contributed by atoms with Crippen molar-refractivity contribution in [1.82, 2.24) is 0 Å². The number of rotatable bonds is 4. The topological polar surface area (TPSA) is 40.5 Å². The first-order chi connectivity index (χ1) is 5.83.